The molecule has 25 heavy (non-hydrogen) atoms. The molecule has 6 heteroatoms. The van der Waals surface area contributed by atoms with E-state index in [1.807, 2.05) is 48.9 Å². The summed E-state index contributed by atoms with van der Waals surface area (Å²) >= 11 is 0. The van der Waals surface area contributed by atoms with Gasteiger partial charge in [-0.3, -0.25) is 14.4 Å². The number of amides is 1. The molecule has 0 unspecified atom stereocenters. The number of rotatable bonds is 6. The van der Waals surface area contributed by atoms with Crippen LogP contribution in [0, 0.1) is 0 Å². The smallest absolute Gasteiger partial charge is 0.242 e. The summed E-state index contributed by atoms with van der Waals surface area (Å²) in [5.41, 5.74) is 1.05. The maximum Gasteiger partial charge on any atom is 0.242 e. The van der Waals surface area contributed by atoms with Gasteiger partial charge in [-0.2, -0.15) is 5.10 Å². The van der Waals surface area contributed by atoms with Crippen molar-refractivity contribution >= 4 is 5.91 Å². The largest absolute Gasteiger partial charge is 0.352 e. The fraction of sp³-hybridized carbons (Fsp3) is 0.526. The summed E-state index contributed by atoms with van der Waals surface area (Å²) in [4.78, 5) is 19.4. The first-order valence-corrected chi connectivity index (χ1v) is 9.08. The lowest BCUT2D eigenvalue weighted by atomic mass is 9.95. The number of hydrogen-bond donors (Lipinski definition) is 1. The highest BCUT2D eigenvalue weighted by Gasteiger charge is 2.34. The third-order valence-corrected chi connectivity index (χ3v) is 4.66. The number of aromatic nitrogens is 3. The predicted molar refractivity (Wildman–Crippen MR) is 96.8 cm³/mol. The summed E-state index contributed by atoms with van der Waals surface area (Å²) in [5, 5.41) is 7.35. The number of hydrogen-bond acceptors (Lipinski definition) is 4. The molecule has 0 bridgehead atoms. The Bertz CT molecular complexity index is 656. The topological polar surface area (TPSA) is 63.1 Å². The lowest BCUT2D eigenvalue weighted by Gasteiger charge is -2.40. The van der Waals surface area contributed by atoms with Gasteiger partial charge in [0.05, 0.1) is 6.54 Å². The van der Waals surface area contributed by atoms with E-state index >= 15 is 0 Å². The monoisotopic (exact) mass is 341 g/mol. The molecule has 2 aromatic rings. The summed E-state index contributed by atoms with van der Waals surface area (Å²) in [5.74, 6) is 0.0756. The highest BCUT2D eigenvalue weighted by molar-refractivity contribution is 5.83. The fourth-order valence-electron chi connectivity index (χ4n) is 3.59. The van der Waals surface area contributed by atoms with Crippen LogP contribution in [0.25, 0.3) is 0 Å². The van der Waals surface area contributed by atoms with Crippen LogP contribution in [-0.2, 0) is 11.3 Å². The molecule has 134 valence electrons. The SMILES string of the molecule is CC(C)NC(=O)[C@@H](c1ccccc1)N1CCCC[C@@H]1Cn1cncn1. The number of carbonyl (C=O) groups is 1. The first-order chi connectivity index (χ1) is 12.1. The third-order valence-electron chi connectivity index (χ3n) is 4.66. The van der Waals surface area contributed by atoms with Gasteiger partial charge >= 0.3 is 0 Å². The van der Waals surface area contributed by atoms with Gasteiger partial charge in [-0.25, -0.2) is 4.98 Å². The van der Waals surface area contributed by atoms with Gasteiger partial charge in [-0.05, 0) is 38.8 Å². The van der Waals surface area contributed by atoms with Gasteiger partial charge in [0.2, 0.25) is 5.91 Å². The Morgan fingerprint density at radius 1 is 1.28 bits per heavy atom. The van der Waals surface area contributed by atoms with Gasteiger partial charge in [0, 0.05) is 12.1 Å². The van der Waals surface area contributed by atoms with Crippen molar-refractivity contribution in [3.63, 3.8) is 0 Å². The Kier molecular flexibility index (Phi) is 5.81. The zero-order valence-corrected chi connectivity index (χ0v) is 15.0. The highest BCUT2D eigenvalue weighted by Crippen LogP contribution is 2.30. The molecule has 2 heterocycles. The molecule has 0 radical (unpaired) electrons. The van der Waals surface area contributed by atoms with Crippen molar-refractivity contribution in [3.8, 4) is 0 Å². The van der Waals surface area contributed by atoms with Crippen LogP contribution in [-0.4, -0.2) is 44.2 Å². The van der Waals surface area contributed by atoms with Crippen LogP contribution < -0.4 is 5.32 Å². The molecule has 1 aliphatic heterocycles. The molecule has 6 nitrogen and oxygen atoms in total. The lowest BCUT2D eigenvalue weighted by molar-refractivity contribution is -0.129. The van der Waals surface area contributed by atoms with Crippen LogP contribution in [0.2, 0.25) is 0 Å². The first kappa shape index (κ1) is 17.6. The minimum atomic E-state index is -0.266. The average molecular weight is 341 g/mol. The van der Waals surface area contributed by atoms with Gasteiger partial charge in [-0.15, -0.1) is 0 Å². The molecule has 3 rings (SSSR count). The minimum absolute atomic E-state index is 0.0756. The van der Waals surface area contributed by atoms with Crippen molar-refractivity contribution < 1.29 is 4.79 Å². The van der Waals surface area contributed by atoms with E-state index in [1.165, 1.54) is 6.42 Å². The number of carbonyl (C=O) groups excluding carboxylic acids is 1. The standard InChI is InChI=1S/C19H27N5O/c1-15(2)22-19(25)18(16-8-4-3-5-9-16)24-11-7-6-10-17(24)12-23-14-20-13-21-23/h3-5,8-9,13-15,17-18H,6-7,10-12H2,1-2H3,(H,22,25)/t17-,18-/m1/s1. The van der Waals surface area contributed by atoms with E-state index in [2.05, 4.69) is 20.3 Å². The third kappa shape index (κ3) is 4.45. The van der Waals surface area contributed by atoms with Gasteiger partial charge in [0.15, 0.2) is 0 Å². The predicted octanol–water partition coefficient (Wildman–Crippen LogP) is 2.40. The van der Waals surface area contributed by atoms with E-state index in [1.54, 1.807) is 12.7 Å². The van der Waals surface area contributed by atoms with E-state index in [-0.39, 0.29) is 24.0 Å². The molecular weight excluding hydrogens is 314 g/mol. The molecule has 0 saturated carbocycles. The fourth-order valence-corrected chi connectivity index (χ4v) is 3.59. The van der Waals surface area contributed by atoms with Gasteiger partial charge in [0.25, 0.3) is 0 Å². The summed E-state index contributed by atoms with van der Waals surface area (Å²) in [6.07, 6.45) is 6.68. The average Bonchev–Trinajstić information content (AvgIpc) is 3.10. The lowest BCUT2D eigenvalue weighted by Crippen LogP contribution is -2.50. The van der Waals surface area contributed by atoms with Crippen LogP contribution in [0.3, 0.4) is 0 Å². The quantitative estimate of drug-likeness (QED) is 0.876. The van der Waals surface area contributed by atoms with Gasteiger partial charge in [0.1, 0.15) is 18.7 Å². The number of nitrogens with one attached hydrogen (secondary N) is 1. The number of nitrogens with zero attached hydrogens (tertiary/aromatic N) is 4. The Balaban J connectivity index is 1.87. The number of piperidine rings is 1. The van der Waals surface area contributed by atoms with E-state index in [4.69, 9.17) is 0 Å². The Hall–Kier alpha value is -2.21. The first-order valence-electron chi connectivity index (χ1n) is 9.08. The van der Waals surface area contributed by atoms with Crippen LogP contribution >= 0.6 is 0 Å². The van der Waals surface area contributed by atoms with Crippen LogP contribution in [0.15, 0.2) is 43.0 Å². The van der Waals surface area contributed by atoms with E-state index in [9.17, 15) is 4.79 Å². The molecular formula is C19H27N5O. The molecule has 1 amide bonds. The maximum absolute atomic E-state index is 13.0. The summed E-state index contributed by atoms with van der Waals surface area (Å²) < 4.78 is 1.87. The molecule has 1 N–H and O–H groups in total. The van der Waals surface area contributed by atoms with Crippen LogP contribution in [0.5, 0.6) is 0 Å². The molecule has 1 aromatic carbocycles. The van der Waals surface area contributed by atoms with Crippen molar-refractivity contribution in [1.82, 2.24) is 25.0 Å². The molecule has 2 atom stereocenters. The number of likely N-dealkylation sites (tertiary alicyclic amines) is 1. The van der Waals surface area contributed by atoms with Crippen LogP contribution in [0.1, 0.15) is 44.7 Å². The second kappa shape index (κ2) is 8.25. The Morgan fingerprint density at radius 2 is 2.08 bits per heavy atom. The van der Waals surface area contributed by atoms with E-state index in [0.717, 1.165) is 31.5 Å². The Morgan fingerprint density at radius 3 is 2.76 bits per heavy atom. The van der Waals surface area contributed by atoms with E-state index < -0.39 is 0 Å². The van der Waals surface area contributed by atoms with Gasteiger partial charge in [-0.1, -0.05) is 36.8 Å². The number of benzene rings is 1. The van der Waals surface area contributed by atoms with Crippen molar-refractivity contribution in [2.24, 2.45) is 0 Å². The van der Waals surface area contributed by atoms with Gasteiger partial charge < -0.3 is 5.32 Å². The second-order valence-electron chi connectivity index (χ2n) is 6.98. The van der Waals surface area contributed by atoms with Crippen LogP contribution in [0.4, 0.5) is 0 Å². The Labute approximate surface area is 149 Å². The highest BCUT2D eigenvalue weighted by atomic mass is 16.2. The summed E-state index contributed by atoms with van der Waals surface area (Å²) in [6.45, 7) is 5.69. The van der Waals surface area contributed by atoms with Crippen molar-refractivity contribution in [2.75, 3.05) is 6.54 Å². The minimum Gasteiger partial charge on any atom is -0.352 e. The molecule has 1 aliphatic rings. The molecule has 1 saturated heterocycles. The second-order valence-corrected chi connectivity index (χ2v) is 6.98. The molecule has 1 fully saturated rings. The van der Waals surface area contributed by atoms with Crippen molar-refractivity contribution in [2.45, 2.75) is 57.8 Å². The normalized spacial score (nSPS) is 19.7. The molecule has 1 aromatic heterocycles. The summed E-state index contributed by atoms with van der Waals surface area (Å²) in [7, 11) is 0. The molecule has 0 spiro atoms. The zero-order chi connectivity index (χ0) is 17.6. The maximum atomic E-state index is 13.0. The van der Waals surface area contributed by atoms with Crippen molar-refractivity contribution in [1.29, 1.82) is 0 Å². The zero-order valence-electron chi connectivity index (χ0n) is 15.0. The summed E-state index contributed by atoms with van der Waals surface area (Å²) in [6, 6.07) is 10.2. The molecule has 0 aliphatic carbocycles. The van der Waals surface area contributed by atoms with Crippen molar-refractivity contribution in [3.05, 3.63) is 48.5 Å². The van der Waals surface area contributed by atoms with E-state index in [0.29, 0.717) is 0 Å².